The summed E-state index contributed by atoms with van der Waals surface area (Å²) in [6.07, 6.45) is 4.14. The molecule has 1 aliphatic heterocycles. The molecule has 0 bridgehead atoms. The summed E-state index contributed by atoms with van der Waals surface area (Å²) in [4.78, 5) is 14.0. The first-order chi connectivity index (χ1) is 9.69. The van der Waals surface area contributed by atoms with E-state index in [9.17, 15) is 9.90 Å². The second-order valence-corrected chi connectivity index (χ2v) is 5.81. The van der Waals surface area contributed by atoms with Gasteiger partial charge in [-0.15, -0.1) is 0 Å². The number of nitrogens with zero attached hydrogens (tertiary/aromatic N) is 1. The summed E-state index contributed by atoms with van der Waals surface area (Å²) < 4.78 is 5.16. The Bertz CT molecular complexity index is 502. The Balaban J connectivity index is 1.64. The van der Waals surface area contributed by atoms with E-state index in [1.165, 1.54) is 5.56 Å². The lowest BCUT2D eigenvalue weighted by Crippen LogP contribution is -2.38. The number of carbonyl (C=O) groups excluding carboxylic acids is 1. The molecule has 1 aromatic carbocycles. The molecule has 0 radical (unpaired) electrons. The lowest BCUT2D eigenvalue weighted by Gasteiger charge is -2.32. The average molecular weight is 275 g/mol. The molecule has 20 heavy (non-hydrogen) atoms. The number of ether oxygens (including phenoxy) is 1. The molecule has 0 atom stereocenters. The van der Waals surface area contributed by atoms with Crippen LogP contribution in [0.15, 0.2) is 18.2 Å². The number of phenols is 1. The zero-order valence-electron chi connectivity index (χ0n) is 11.8. The quantitative estimate of drug-likeness (QED) is 0.922. The molecule has 0 spiro atoms. The number of hydrogen-bond donors (Lipinski definition) is 1. The molecular formula is C16H21NO3. The minimum atomic E-state index is 0.178. The Morgan fingerprint density at radius 2 is 1.95 bits per heavy atom. The van der Waals surface area contributed by atoms with Crippen LogP contribution < -0.4 is 4.74 Å². The van der Waals surface area contributed by atoms with Crippen LogP contribution in [-0.2, 0) is 4.79 Å². The largest absolute Gasteiger partial charge is 0.504 e. The van der Waals surface area contributed by atoms with Crippen molar-refractivity contribution in [2.24, 2.45) is 5.92 Å². The van der Waals surface area contributed by atoms with Crippen LogP contribution in [-0.4, -0.2) is 36.1 Å². The van der Waals surface area contributed by atoms with Crippen LogP contribution in [0.4, 0.5) is 0 Å². The van der Waals surface area contributed by atoms with Crippen LogP contribution >= 0.6 is 0 Å². The normalized spacial score (nSPS) is 19.9. The molecule has 1 aliphatic carbocycles. The van der Waals surface area contributed by atoms with E-state index in [0.29, 0.717) is 23.5 Å². The van der Waals surface area contributed by atoms with E-state index in [0.717, 1.165) is 38.8 Å². The fourth-order valence-corrected chi connectivity index (χ4v) is 2.97. The zero-order chi connectivity index (χ0) is 14.1. The number of hydrogen-bond acceptors (Lipinski definition) is 3. The Kier molecular flexibility index (Phi) is 3.55. The van der Waals surface area contributed by atoms with Crippen LogP contribution in [0.3, 0.4) is 0 Å². The molecule has 1 N–H and O–H groups in total. The number of carbonyl (C=O) groups is 1. The molecule has 108 valence electrons. The van der Waals surface area contributed by atoms with E-state index in [2.05, 4.69) is 0 Å². The van der Waals surface area contributed by atoms with E-state index in [1.807, 2.05) is 17.0 Å². The number of likely N-dealkylation sites (tertiary alicyclic amines) is 1. The highest BCUT2D eigenvalue weighted by Crippen LogP contribution is 2.36. The summed E-state index contributed by atoms with van der Waals surface area (Å²) >= 11 is 0. The zero-order valence-corrected chi connectivity index (χ0v) is 11.8. The van der Waals surface area contributed by atoms with Gasteiger partial charge in [0.05, 0.1) is 7.11 Å². The third kappa shape index (κ3) is 2.60. The molecule has 1 saturated heterocycles. The molecule has 4 heteroatoms. The summed E-state index contributed by atoms with van der Waals surface area (Å²) in [6, 6.07) is 5.56. The van der Waals surface area contributed by atoms with E-state index in [4.69, 9.17) is 4.74 Å². The van der Waals surface area contributed by atoms with Crippen molar-refractivity contribution in [1.29, 1.82) is 0 Å². The highest BCUT2D eigenvalue weighted by Gasteiger charge is 2.35. The molecule has 1 amide bonds. The number of piperidine rings is 1. The monoisotopic (exact) mass is 275 g/mol. The SMILES string of the molecule is COc1cc(C2CCN(C(=O)C3CC3)CC2)ccc1O. The smallest absolute Gasteiger partial charge is 0.225 e. The standard InChI is InChI=1S/C16H21NO3/c1-20-15-10-13(4-5-14(15)18)11-6-8-17(9-7-11)16(19)12-2-3-12/h4-5,10-12,18H,2-3,6-9H2,1H3. The van der Waals surface area contributed by atoms with Crippen LogP contribution in [0.25, 0.3) is 0 Å². The summed E-state index contributed by atoms with van der Waals surface area (Å²) in [5.41, 5.74) is 1.19. The Morgan fingerprint density at radius 3 is 2.55 bits per heavy atom. The molecule has 4 nitrogen and oxygen atoms in total. The van der Waals surface area contributed by atoms with Gasteiger partial charge in [-0.1, -0.05) is 6.07 Å². The molecule has 1 heterocycles. The van der Waals surface area contributed by atoms with Crippen LogP contribution in [0.5, 0.6) is 11.5 Å². The van der Waals surface area contributed by atoms with Crippen LogP contribution in [0.2, 0.25) is 0 Å². The highest BCUT2D eigenvalue weighted by atomic mass is 16.5. The first kappa shape index (κ1) is 13.3. The van der Waals surface area contributed by atoms with Crippen LogP contribution in [0.1, 0.15) is 37.2 Å². The number of rotatable bonds is 3. The highest BCUT2D eigenvalue weighted by molar-refractivity contribution is 5.81. The van der Waals surface area contributed by atoms with Crippen molar-refractivity contribution in [3.8, 4) is 11.5 Å². The summed E-state index contributed by atoms with van der Waals surface area (Å²) in [7, 11) is 1.57. The number of methoxy groups -OCH3 is 1. The van der Waals surface area contributed by atoms with E-state index >= 15 is 0 Å². The average Bonchev–Trinajstić information content (AvgIpc) is 3.32. The van der Waals surface area contributed by atoms with Gasteiger partial charge in [0.25, 0.3) is 0 Å². The number of benzene rings is 1. The van der Waals surface area contributed by atoms with Gasteiger partial charge < -0.3 is 14.7 Å². The van der Waals surface area contributed by atoms with E-state index in [-0.39, 0.29) is 5.75 Å². The molecule has 2 fully saturated rings. The maximum atomic E-state index is 12.0. The number of amides is 1. The predicted molar refractivity (Wildman–Crippen MR) is 75.9 cm³/mol. The molecule has 3 rings (SSSR count). The van der Waals surface area contributed by atoms with Gasteiger partial charge in [-0.2, -0.15) is 0 Å². The molecule has 1 saturated carbocycles. The van der Waals surface area contributed by atoms with Gasteiger partial charge in [0.15, 0.2) is 11.5 Å². The number of aromatic hydroxyl groups is 1. The summed E-state index contributed by atoms with van der Waals surface area (Å²) in [5, 5.41) is 9.64. The maximum Gasteiger partial charge on any atom is 0.225 e. The fourth-order valence-electron chi connectivity index (χ4n) is 2.97. The van der Waals surface area contributed by atoms with Gasteiger partial charge in [-0.05, 0) is 49.3 Å². The van der Waals surface area contributed by atoms with Gasteiger partial charge >= 0.3 is 0 Å². The third-order valence-corrected chi connectivity index (χ3v) is 4.41. The van der Waals surface area contributed by atoms with Gasteiger partial charge in [0.2, 0.25) is 5.91 Å². The van der Waals surface area contributed by atoms with E-state index < -0.39 is 0 Å². The second kappa shape index (κ2) is 5.35. The maximum absolute atomic E-state index is 12.0. The molecule has 2 aliphatic rings. The van der Waals surface area contributed by atoms with Crippen molar-refractivity contribution in [3.05, 3.63) is 23.8 Å². The van der Waals surface area contributed by atoms with Gasteiger partial charge in [0, 0.05) is 19.0 Å². The lowest BCUT2D eigenvalue weighted by molar-refractivity contribution is -0.133. The Morgan fingerprint density at radius 1 is 1.25 bits per heavy atom. The summed E-state index contributed by atoms with van der Waals surface area (Å²) in [5.74, 6) is 1.83. The third-order valence-electron chi connectivity index (χ3n) is 4.41. The lowest BCUT2D eigenvalue weighted by atomic mass is 9.89. The van der Waals surface area contributed by atoms with Crippen molar-refractivity contribution < 1.29 is 14.6 Å². The van der Waals surface area contributed by atoms with Crippen molar-refractivity contribution in [2.75, 3.05) is 20.2 Å². The molecule has 1 aromatic rings. The van der Waals surface area contributed by atoms with Crippen LogP contribution in [0, 0.1) is 5.92 Å². The van der Waals surface area contributed by atoms with Gasteiger partial charge in [0.1, 0.15) is 0 Å². The second-order valence-electron chi connectivity index (χ2n) is 5.81. The minimum Gasteiger partial charge on any atom is -0.504 e. The number of phenolic OH excluding ortho intramolecular Hbond substituents is 1. The van der Waals surface area contributed by atoms with Crippen molar-refractivity contribution in [2.45, 2.75) is 31.6 Å². The topological polar surface area (TPSA) is 49.8 Å². The van der Waals surface area contributed by atoms with Gasteiger partial charge in [-0.3, -0.25) is 4.79 Å². The van der Waals surface area contributed by atoms with Gasteiger partial charge in [-0.25, -0.2) is 0 Å². The summed E-state index contributed by atoms with van der Waals surface area (Å²) in [6.45, 7) is 1.70. The molecular weight excluding hydrogens is 254 g/mol. The molecule has 0 aromatic heterocycles. The fraction of sp³-hybridized carbons (Fsp3) is 0.562. The Hall–Kier alpha value is -1.71. The van der Waals surface area contributed by atoms with E-state index in [1.54, 1.807) is 13.2 Å². The van der Waals surface area contributed by atoms with Crippen molar-refractivity contribution in [3.63, 3.8) is 0 Å². The molecule has 0 unspecified atom stereocenters. The van der Waals surface area contributed by atoms with Crippen molar-refractivity contribution in [1.82, 2.24) is 4.90 Å². The first-order valence-electron chi connectivity index (χ1n) is 7.34. The van der Waals surface area contributed by atoms with Crippen molar-refractivity contribution >= 4 is 5.91 Å². The first-order valence-corrected chi connectivity index (χ1v) is 7.34. The Labute approximate surface area is 119 Å². The predicted octanol–water partition coefficient (Wildman–Crippen LogP) is 2.52. The minimum absolute atomic E-state index is 0.178.